The molecule has 0 aliphatic heterocycles. The van der Waals surface area contributed by atoms with Gasteiger partial charge in [-0.15, -0.1) is 0 Å². The van der Waals surface area contributed by atoms with Crippen molar-refractivity contribution in [2.45, 2.75) is 32.7 Å². The molecule has 0 fully saturated rings. The third-order valence-electron chi connectivity index (χ3n) is 3.15. The summed E-state index contributed by atoms with van der Waals surface area (Å²) in [7, 11) is 0. The Kier molecular flexibility index (Phi) is 4.75. The van der Waals surface area contributed by atoms with Crippen LogP contribution in [0.5, 0.6) is 0 Å². The lowest BCUT2D eigenvalue weighted by molar-refractivity contribution is -0.142. The molecule has 118 valence electrons. The number of carbonyl (C=O) groups is 2. The van der Waals surface area contributed by atoms with Gasteiger partial charge in [0.2, 0.25) is 5.91 Å². The number of hydrogen-bond donors (Lipinski definition) is 2. The van der Waals surface area contributed by atoms with Crippen LogP contribution < -0.4 is 5.32 Å². The maximum absolute atomic E-state index is 13.1. The normalized spacial score (nSPS) is 12.5. The first kappa shape index (κ1) is 15.9. The Balaban J connectivity index is 2.04. The second-order valence-electron chi connectivity index (χ2n) is 5.61. The number of halogens is 1. The molecule has 0 radical (unpaired) electrons. The third-order valence-corrected chi connectivity index (χ3v) is 3.15. The maximum Gasteiger partial charge on any atom is 0.326 e. The molecule has 0 spiro atoms. The van der Waals surface area contributed by atoms with E-state index in [2.05, 4.69) is 10.3 Å². The molecule has 1 amide bonds. The van der Waals surface area contributed by atoms with Gasteiger partial charge in [-0.05, 0) is 24.5 Å². The minimum atomic E-state index is -1.06. The molecule has 2 N–H and O–H groups in total. The topological polar surface area (TPSA) is 83.7 Å². The molecule has 2 heterocycles. The average molecular weight is 307 g/mol. The van der Waals surface area contributed by atoms with E-state index in [1.807, 2.05) is 13.8 Å². The van der Waals surface area contributed by atoms with Crippen molar-refractivity contribution in [3.8, 4) is 0 Å². The van der Waals surface area contributed by atoms with Gasteiger partial charge in [0.05, 0.1) is 12.1 Å². The average Bonchev–Trinajstić information content (AvgIpc) is 2.78. The first-order chi connectivity index (χ1) is 10.3. The molecule has 0 aliphatic carbocycles. The number of pyridine rings is 1. The molecular formula is C15H18FN3O3. The lowest BCUT2D eigenvalue weighted by Gasteiger charge is -2.16. The number of carboxylic acids is 1. The van der Waals surface area contributed by atoms with E-state index in [0.29, 0.717) is 17.8 Å². The highest BCUT2D eigenvalue weighted by molar-refractivity contribution is 5.84. The molecule has 1 unspecified atom stereocenters. The van der Waals surface area contributed by atoms with Gasteiger partial charge < -0.3 is 14.8 Å². The molecule has 0 saturated carbocycles. The quantitative estimate of drug-likeness (QED) is 0.849. The molecule has 1 atom stereocenters. The Labute approximate surface area is 127 Å². The van der Waals surface area contributed by atoms with E-state index in [1.54, 1.807) is 6.20 Å². The Morgan fingerprint density at radius 2 is 2.09 bits per heavy atom. The lowest BCUT2D eigenvalue weighted by Crippen LogP contribution is -2.42. The molecule has 0 bridgehead atoms. The second kappa shape index (κ2) is 6.55. The largest absolute Gasteiger partial charge is 0.480 e. The van der Waals surface area contributed by atoms with E-state index in [-0.39, 0.29) is 12.3 Å². The highest BCUT2D eigenvalue weighted by Gasteiger charge is 2.21. The Bertz CT molecular complexity index is 696. The van der Waals surface area contributed by atoms with E-state index in [0.717, 1.165) is 0 Å². The van der Waals surface area contributed by atoms with Crippen molar-refractivity contribution in [1.29, 1.82) is 0 Å². The zero-order valence-corrected chi connectivity index (χ0v) is 12.4. The van der Waals surface area contributed by atoms with Gasteiger partial charge in [-0.3, -0.25) is 4.79 Å². The van der Waals surface area contributed by atoms with Gasteiger partial charge >= 0.3 is 5.97 Å². The van der Waals surface area contributed by atoms with E-state index in [1.165, 1.54) is 22.7 Å². The standard InChI is InChI=1S/C15H18FN3O3/c1-9(2)5-12(15(21)22)18-14(20)6-11-8-19-7-10(16)3-4-13(19)17-11/h3-4,7-9,12H,5-6H2,1-2H3,(H,18,20)(H,21,22). The minimum absolute atomic E-state index is 0.0504. The van der Waals surface area contributed by atoms with Crippen LogP contribution in [0.1, 0.15) is 26.0 Å². The van der Waals surface area contributed by atoms with E-state index < -0.39 is 23.7 Å². The monoisotopic (exact) mass is 307 g/mol. The van der Waals surface area contributed by atoms with Crippen molar-refractivity contribution in [3.05, 3.63) is 36.0 Å². The van der Waals surface area contributed by atoms with E-state index in [9.17, 15) is 14.0 Å². The molecule has 7 heteroatoms. The first-order valence-corrected chi connectivity index (χ1v) is 7.00. The van der Waals surface area contributed by atoms with Crippen molar-refractivity contribution < 1.29 is 19.1 Å². The summed E-state index contributed by atoms with van der Waals surface area (Å²) < 4.78 is 14.6. The molecule has 0 saturated heterocycles. The van der Waals surface area contributed by atoms with Gasteiger partial charge in [-0.1, -0.05) is 13.8 Å². The molecular weight excluding hydrogens is 289 g/mol. The number of hydrogen-bond acceptors (Lipinski definition) is 3. The zero-order chi connectivity index (χ0) is 16.3. The van der Waals surface area contributed by atoms with E-state index >= 15 is 0 Å². The summed E-state index contributed by atoms with van der Waals surface area (Å²) in [5, 5.41) is 11.6. The number of imidazole rings is 1. The summed E-state index contributed by atoms with van der Waals surface area (Å²) >= 11 is 0. The first-order valence-electron chi connectivity index (χ1n) is 7.00. The van der Waals surface area contributed by atoms with Gasteiger partial charge in [0, 0.05) is 12.4 Å². The molecule has 0 aromatic carbocycles. The SMILES string of the molecule is CC(C)CC(NC(=O)Cc1cn2cc(F)ccc2n1)C(=O)O. The van der Waals surface area contributed by atoms with Crippen LogP contribution in [0.2, 0.25) is 0 Å². The maximum atomic E-state index is 13.1. The van der Waals surface area contributed by atoms with Crippen LogP contribution in [0, 0.1) is 11.7 Å². The fourth-order valence-corrected chi connectivity index (χ4v) is 2.21. The van der Waals surface area contributed by atoms with Crippen molar-refractivity contribution in [1.82, 2.24) is 14.7 Å². The molecule has 2 rings (SSSR count). The van der Waals surface area contributed by atoms with Gasteiger partial charge in [0.25, 0.3) is 0 Å². The fourth-order valence-electron chi connectivity index (χ4n) is 2.21. The fraction of sp³-hybridized carbons (Fsp3) is 0.400. The van der Waals surface area contributed by atoms with Gasteiger partial charge in [-0.2, -0.15) is 0 Å². The van der Waals surface area contributed by atoms with Crippen LogP contribution in [-0.2, 0) is 16.0 Å². The van der Waals surface area contributed by atoms with Crippen molar-refractivity contribution >= 4 is 17.5 Å². The lowest BCUT2D eigenvalue weighted by atomic mass is 10.0. The highest BCUT2D eigenvalue weighted by Crippen LogP contribution is 2.09. The predicted octanol–water partition coefficient (Wildman–Crippen LogP) is 1.63. The van der Waals surface area contributed by atoms with Crippen molar-refractivity contribution in [3.63, 3.8) is 0 Å². The highest BCUT2D eigenvalue weighted by atomic mass is 19.1. The number of carboxylic acid groups (broad SMARTS) is 1. The number of nitrogens with one attached hydrogen (secondary N) is 1. The van der Waals surface area contributed by atoms with E-state index in [4.69, 9.17) is 5.11 Å². The molecule has 0 aliphatic rings. The van der Waals surface area contributed by atoms with Crippen LogP contribution in [0.15, 0.2) is 24.5 Å². The number of aliphatic carboxylic acids is 1. The number of carbonyl (C=O) groups excluding carboxylic acids is 1. The zero-order valence-electron chi connectivity index (χ0n) is 12.4. The Morgan fingerprint density at radius 3 is 2.73 bits per heavy atom. The number of nitrogens with zero attached hydrogens (tertiary/aromatic N) is 2. The Morgan fingerprint density at radius 1 is 1.36 bits per heavy atom. The van der Waals surface area contributed by atoms with Crippen LogP contribution in [-0.4, -0.2) is 32.4 Å². The van der Waals surface area contributed by atoms with Crippen molar-refractivity contribution in [2.24, 2.45) is 5.92 Å². The number of fused-ring (bicyclic) bond motifs is 1. The number of amides is 1. The smallest absolute Gasteiger partial charge is 0.326 e. The Hall–Kier alpha value is -2.44. The summed E-state index contributed by atoms with van der Waals surface area (Å²) in [6.07, 6.45) is 3.13. The summed E-state index contributed by atoms with van der Waals surface area (Å²) in [6.45, 7) is 3.78. The molecule has 2 aromatic heterocycles. The van der Waals surface area contributed by atoms with Gasteiger partial charge in [0.1, 0.15) is 17.5 Å². The predicted molar refractivity (Wildman–Crippen MR) is 77.9 cm³/mol. The van der Waals surface area contributed by atoms with Crippen LogP contribution in [0.25, 0.3) is 5.65 Å². The summed E-state index contributed by atoms with van der Waals surface area (Å²) in [5.74, 6) is -1.72. The minimum Gasteiger partial charge on any atom is -0.480 e. The van der Waals surface area contributed by atoms with Crippen LogP contribution >= 0.6 is 0 Å². The summed E-state index contributed by atoms with van der Waals surface area (Å²) in [6, 6.07) is 1.88. The number of rotatable bonds is 6. The van der Waals surface area contributed by atoms with Gasteiger partial charge in [0.15, 0.2) is 0 Å². The summed E-state index contributed by atoms with van der Waals surface area (Å²) in [4.78, 5) is 27.3. The molecule has 22 heavy (non-hydrogen) atoms. The van der Waals surface area contributed by atoms with Crippen LogP contribution in [0.4, 0.5) is 4.39 Å². The molecule has 2 aromatic rings. The summed E-state index contributed by atoms with van der Waals surface area (Å²) in [5.41, 5.74) is 0.984. The molecule has 6 nitrogen and oxygen atoms in total. The van der Waals surface area contributed by atoms with Gasteiger partial charge in [-0.25, -0.2) is 14.2 Å². The number of aromatic nitrogens is 2. The van der Waals surface area contributed by atoms with Crippen LogP contribution in [0.3, 0.4) is 0 Å². The second-order valence-corrected chi connectivity index (χ2v) is 5.61. The van der Waals surface area contributed by atoms with Crippen molar-refractivity contribution in [2.75, 3.05) is 0 Å². The third kappa shape index (κ3) is 4.03.